The Kier molecular flexibility index (Phi) is 4.83. The number of nitrogens with zero attached hydrogens (tertiary/aromatic N) is 2. The molecule has 0 saturated heterocycles. The number of hydrogen-bond acceptors (Lipinski definition) is 6. The fourth-order valence-electron chi connectivity index (χ4n) is 2.36. The van der Waals surface area contributed by atoms with E-state index in [0.29, 0.717) is 22.4 Å². The van der Waals surface area contributed by atoms with Gasteiger partial charge in [0.05, 0.1) is 6.42 Å². The minimum absolute atomic E-state index is 0.0778. The summed E-state index contributed by atoms with van der Waals surface area (Å²) in [6.45, 7) is 0. The quantitative estimate of drug-likeness (QED) is 0.475. The monoisotopic (exact) mass is 400 g/mol. The van der Waals surface area contributed by atoms with Crippen molar-refractivity contribution in [2.75, 3.05) is 10.6 Å². The summed E-state index contributed by atoms with van der Waals surface area (Å²) in [5.74, 6) is 0.631. The van der Waals surface area contributed by atoms with Crippen molar-refractivity contribution in [2.24, 2.45) is 0 Å². The number of benzene rings is 1. The van der Waals surface area contributed by atoms with Crippen LogP contribution >= 0.6 is 34.3 Å². The molecule has 2 N–H and O–H groups in total. The van der Waals surface area contributed by atoms with E-state index in [0.717, 1.165) is 20.9 Å². The van der Waals surface area contributed by atoms with Gasteiger partial charge in [0.25, 0.3) is 0 Å². The molecule has 0 saturated carbocycles. The third kappa shape index (κ3) is 4.01. The summed E-state index contributed by atoms with van der Waals surface area (Å²) in [4.78, 5) is 22.9. The van der Waals surface area contributed by atoms with Crippen LogP contribution in [-0.4, -0.2) is 15.9 Å². The standard InChI is InChI=1S/C18H13ClN4OS2/c19-11-3-5-12(6-4-11)20-15-8-7-14-17(22-15)26-18(21-14)23-16(24)10-13-2-1-9-25-13/h1-9H,10H2,(H,20,22)(H,21,23,24). The average Bonchev–Trinajstić information content (AvgIpc) is 3.25. The average molecular weight is 401 g/mol. The second-order valence-corrected chi connectivity index (χ2v) is 7.92. The minimum Gasteiger partial charge on any atom is -0.340 e. The van der Waals surface area contributed by atoms with Crippen LogP contribution in [0.4, 0.5) is 16.6 Å². The van der Waals surface area contributed by atoms with Crippen molar-refractivity contribution in [3.63, 3.8) is 0 Å². The van der Waals surface area contributed by atoms with E-state index in [1.807, 2.05) is 53.9 Å². The number of nitrogens with one attached hydrogen (secondary N) is 2. The molecule has 0 spiro atoms. The fourth-order valence-corrected chi connectivity index (χ4v) is 4.04. The highest BCUT2D eigenvalue weighted by Crippen LogP contribution is 2.27. The van der Waals surface area contributed by atoms with E-state index in [-0.39, 0.29) is 5.91 Å². The van der Waals surface area contributed by atoms with Crippen LogP contribution in [0.25, 0.3) is 10.3 Å². The van der Waals surface area contributed by atoms with Crippen molar-refractivity contribution >= 4 is 67.2 Å². The summed E-state index contributed by atoms with van der Waals surface area (Å²) in [6, 6.07) is 15.0. The first-order valence-corrected chi connectivity index (χ1v) is 9.85. The van der Waals surface area contributed by atoms with Gasteiger partial charge in [-0.25, -0.2) is 9.97 Å². The number of hydrogen-bond donors (Lipinski definition) is 2. The molecule has 0 atom stereocenters. The predicted octanol–water partition coefficient (Wildman–Crippen LogP) is 5.33. The van der Waals surface area contributed by atoms with E-state index in [2.05, 4.69) is 20.6 Å². The van der Waals surface area contributed by atoms with Gasteiger partial charge in [-0.15, -0.1) is 11.3 Å². The summed E-state index contributed by atoms with van der Waals surface area (Å²) in [7, 11) is 0. The highest BCUT2D eigenvalue weighted by molar-refractivity contribution is 7.22. The highest BCUT2D eigenvalue weighted by atomic mass is 35.5. The Bertz CT molecular complexity index is 1040. The van der Waals surface area contributed by atoms with Crippen molar-refractivity contribution in [2.45, 2.75) is 6.42 Å². The van der Waals surface area contributed by atoms with Gasteiger partial charge in [-0.3, -0.25) is 4.79 Å². The number of halogens is 1. The summed E-state index contributed by atoms with van der Waals surface area (Å²) in [5, 5.41) is 9.27. The van der Waals surface area contributed by atoms with Gasteiger partial charge in [-0.1, -0.05) is 29.0 Å². The number of fused-ring (bicyclic) bond motifs is 1. The van der Waals surface area contributed by atoms with Gasteiger partial charge in [0.15, 0.2) is 5.13 Å². The number of thiophene rings is 1. The zero-order chi connectivity index (χ0) is 17.9. The van der Waals surface area contributed by atoms with Crippen LogP contribution < -0.4 is 10.6 Å². The Morgan fingerprint density at radius 1 is 1.08 bits per heavy atom. The first-order chi connectivity index (χ1) is 12.7. The molecular weight excluding hydrogens is 388 g/mol. The molecule has 0 radical (unpaired) electrons. The number of thiazole rings is 1. The molecule has 1 amide bonds. The molecule has 0 unspecified atom stereocenters. The normalized spacial score (nSPS) is 10.8. The Labute approximate surface area is 162 Å². The first kappa shape index (κ1) is 17.0. The SMILES string of the molecule is O=C(Cc1cccs1)Nc1nc2ccc(Nc3ccc(Cl)cc3)nc2s1. The molecular formula is C18H13ClN4OS2. The van der Waals surface area contributed by atoms with Crippen molar-refractivity contribution in [1.82, 2.24) is 9.97 Å². The molecule has 8 heteroatoms. The van der Waals surface area contributed by atoms with Gasteiger partial charge in [0.2, 0.25) is 5.91 Å². The van der Waals surface area contributed by atoms with E-state index < -0.39 is 0 Å². The van der Waals surface area contributed by atoms with Gasteiger partial charge in [-0.05, 0) is 47.8 Å². The lowest BCUT2D eigenvalue weighted by molar-refractivity contribution is -0.115. The molecule has 0 bridgehead atoms. The highest BCUT2D eigenvalue weighted by Gasteiger charge is 2.10. The van der Waals surface area contributed by atoms with Crippen LogP contribution in [0.15, 0.2) is 53.9 Å². The summed E-state index contributed by atoms with van der Waals surface area (Å²) >= 11 is 8.82. The van der Waals surface area contributed by atoms with Crippen LogP contribution in [0.2, 0.25) is 5.02 Å². The van der Waals surface area contributed by atoms with Crippen LogP contribution in [0.3, 0.4) is 0 Å². The summed E-state index contributed by atoms with van der Waals surface area (Å²) < 4.78 is 0. The Hall–Kier alpha value is -2.48. The topological polar surface area (TPSA) is 66.9 Å². The van der Waals surface area contributed by atoms with Crippen LogP contribution in [-0.2, 0) is 11.2 Å². The number of pyridine rings is 1. The van der Waals surface area contributed by atoms with Crippen LogP contribution in [0.1, 0.15) is 4.88 Å². The molecule has 4 rings (SSSR count). The van der Waals surface area contributed by atoms with E-state index >= 15 is 0 Å². The molecule has 4 aromatic rings. The third-order valence-electron chi connectivity index (χ3n) is 3.53. The molecule has 3 aromatic heterocycles. The van der Waals surface area contributed by atoms with Gasteiger partial charge in [0, 0.05) is 15.6 Å². The number of carbonyl (C=O) groups excluding carboxylic acids is 1. The Balaban J connectivity index is 1.48. The smallest absolute Gasteiger partial charge is 0.231 e. The maximum absolute atomic E-state index is 12.1. The number of rotatable bonds is 5. The second-order valence-electron chi connectivity index (χ2n) is 5.48. The second kappa shape index (κ2) is 7.41. The first-order valence-electron chi connectivity index (χ1n) is 7.78. The van der Waals surface area contributed by atoms with E-state index in [1.165, 1.54) is 11.3 Å². The summed E-state index contributed by atoms with van der Waals surface area (Å²) in [6.07, 6.45) is 0.352. The molecule has 26 heavy (non-hydrogen) atoms. The lowest BCUT2D eigenvalue weighted by Crippen LogP contribution is -2.13. The number of amides is 1. The molecule has 130 valence electrons. The van der Waals surface area contributed by atoms with Gasteiger partial charge in [0.1, 0.15) is 16.2 Å². The summed E-state index contributed by atoms with van der Waals surface area (Å²) in [5.41, 5.74) is 1.65. The van der Waals surface area contributed by atoms with Crippen LogP contribution in [0, 0.1) is 0 Å². The molecule has 1 aromatic carbocycles. The molecule has 0 aliphatic carbocycles. The molecule has 3 heterocycles. The fraction of sp³-hybridized carbons (Fsp3) is 0.0556. The third-order valence-corrected chi connectivity index (χ3v) is 5.54. The zero-order valence-electron chi connectivity index (χ0n) is 13.4. The van der Waals surface area contributed by atoms with Crippen molar-refractivity contribution < 1.29 is 4.79 Å². The minimum atomic E-state index is -0.0778. The predicted molar refractivity (Wildman–Crippen MR) is 109 cm³/mol. The number of aromatic nitrogens is 2. The number of carbonyl (C=O) groups is 1. The Morgan fingerprint density at radius 2 is 1.92 bits per heavy atom. The number of anilines is 3. The van der Waals surface area contributed by atoms with Crippen molar-refractivity contribution in [3.05, 3.63) is 63.8 Å². The molecule has 0 aliphatic heterocycles. The van der Waals surface area contributed by atoms with Crippen LogP contribution in [0.5, 0.6) is 0 Å². The molecule has 0 aliphatic rings. The zero-order valence-corrected chi connectivity index (χ0v) is 15.8. The lowest BCUT2D eigenvalue weighted by Gasteiger charge is -2.04. The lowest BCUT2D eigenvalue weighted by atomic mass is 10.3. The Morgan fingerprint density at radius 3 is 2.69 bits per heavy atom. The van der Waals surface area contributed by atoms with E-state index in [1.54, 1.807) is 11.3 Å². The maximum Gasteiger partial charge on any atom is 0.231 e. The van der Waals surface area contributed by atoms with Crippen molar-refractivity contribution in [1.29, 1.82) is 0 Å². The van der Waals surface area contributed by atoms with Gasteiger partial charge >= 0.3 is 0 Å². The van der Waals surface area contributed by atoms with Gasteiger partial charge < -0.3 is 10.6 Å². The van der Waals surface area contributed by atoms with E-state index in [4.69, 9.17) is 11.6 Å². The van der Waals surface area contributed by atoms with Gasteiger partial charge in [-0.2, -0.15) is 0 Å². The molecule has 0 fully saturated rings. The largest absolute Gasteiger partial charge is 0.340 e. The van der Waals surface area contributed by atoms with E-state index in [9.17, 15) is 4.79 Å². The molecule has 5 nitrogen and oxygen atoms in total. The van der Waals surface area contributed by atoms with Crippen molar-refractivity contribution in [3.8, 4) is 0 Å². The maximum atomic E-state index is 12.1.